The van der Waals surface area contributed by atoms with Gasteiger partial charge in [0.2, 0.25) is 0 Å². The van der Waals surface area contributed by atoms with Crippen LogP contribution in [0.5, 0.6) is 0 Å². The van der Waals surface area contributed by atoms with E-state index in [4.69, 9.17) is 0 Å². The molecule has 0 saturated carbocycles. The maximum absolute atomic E-state index is 11.1. The van der Waals surface area contributed by atoms with Crippen molar-refractivity contribution in [3.63, 3.8) is 0 Å². The van der Waals surface area contributed by atoms with Crippen molar-refractivity contribution in [2.45, 2.75) is 40.5 Å². The summed E-state index contributed by atoms with van der Waals surface area (Å²) in [6.07, 6.45) is 3.25. The molecule has 0 saturated heterocycles. The van der Waals surface area contributed by atoms with Crippen LogP contribution in [-0.2, 0) is 9.84 Å². The second-order valence-corrected chi connectivity index (χ2v) is 7.32. The Morgan fingerprint density at radius 3 is 1.92 bits per heavy atom. The molecule has 0 heterocycles. The molecule has 0 aliphatic heterocycles. The summed E-state index contributed by atoms with van der Waals surface area (Å²) in [4.78, 5) is 0. The van der Waals surface area contributed by atoms with Crippen molar-refractivity contribution in [3.8, 4) is 0 Å². The van der Waals surface area contributed by atoms with Crippen LogP contribution in [0.3, 0.4) is 0 Å². The molecule has 80 valence electrons. The molecule has 1 atom stereocenters. The lowest BCUT2D eigenvalue weighted by molar-refractivity contribution is 0.303. The van der Waals surface area contributed by atoms with Gasteiger partial charge in [-0.1, -0.05) is 34.1 Å². The number of hydrogen-bond donors (Lipinski definition) is 0. The average molecular weight is 206 g/mol. The highest BCUT2D eigenvalue weighted by atomic mass is 32.2. The van der Waals surface area contributed by atoms with E-state index >= 15 is 0 Å². The summed E-state index contributed by atoms with van der Waals surface area (Å²) in [5, 5.41) is 0. The standard InChI is InChI=1S/C10H22O2S/c1-6-9(7-10(2,3)4)8-13(5,11)12/h9H,6-8H2,1-5H3. The van der Waals surface area contributed by atoms with Crippen LogP contribution in [0.4, 0.5) is 0 Å². The van der Waals surface area contributed by atoms with Gasteiger partial charge >= 0.3 is 0 Å². The lowest BCUT2D eigenvalue weighted by Gasteiger charge is -2.24. The quantitative estimate of drug-likeness (QED) is 0.708. The van der Waals surface area contributed by atoms with Gasteiger partial charge in [-0.15, -0.1) is 0 Å². The highest BCUT2D eigenvalue weighted by Crippen LogP contribution is 2.26. The Balaban J connectivity index is 4.22. The van der Waals surface area contributed by atoms with Crippen LogP contribution >= 0.6 is 0 Å². The Morgan fingerprint density at radius 2 is 1.69 bits per heavy atom. The van der Waals surface area contributed by atoms with Crippen molar-refractivity contribution < 1.29 is 8.42 Å². The van der Waals surface area contributed by atoms with Gasteiger partial charge in [0, 0.05) is 6.26 Å². The molecule has 3 heteroatoms. The van der Waals surface area contributed by atoms with E-state index in [1.54, 1.807) is 0 Å². The van der Waals surface area contributed by atoms with E-state index in [9.17, 15) is 8.42 Å². The molecule has 13 heavy (non-hydrogen) atoms. The first-order chi connectivity index (χ1) is 5.64. The van der Waals surface area contributed by atoms with Crippen LogP contribution < -0.4 is 0 Å². The molecule has 0 fully saturated rings. The predicted molar refractivity (Wildman–Crippen MR) is 57.6 cm³/mol. The Kier molecular flexibility index (Phi) is 4.43. The van der Waals surface area contributed by atoms with Crippen molar-refractivity contribution in [2.75, 3.05) is 12.0 Å². The molecule has 0 aromatic rings. The van der Waals surface area contributed by atoms with Gasteiger partial charge < -0.3 is 0 Å². The third kappa shape index (κ3) is 8.28. The second kappa shape index (κ2) is 4.45. The fourth-order valence-electron chi connectivity index (χ4n) is 1.62. The van der Waals surface area contributed by atoms with Gasteiger partial charge in [-0.2, -0.15) is 0 Å². The molecule has 2 nitrogen and oxygen atoms in total. The van der Waals surface area contributed by atoms with Crippen molar-refractivity contribution in [2.24, 2.45) is 11.3 Å². The molecule has 0 aliphatic rings. The molecular formula is C10H22O2S. The normalized spacial score (nSPS) is 15.8. The molecule has 0 amide bonds. The van der Waals surface area contributed by atoms with Gasteiger partial charge in [-0.05, 0) is 17.8 Å². The minimum absolute atomic E-state index is 0.228. The molecule has 0 aromatic carbocycles. The van der Waals surface area contributed by atoms with Crippen LogP contribution in [0.2, 0.25) is 0 Å². The summed E-state index contributed by atoms with van der Waals surface area (Å²) in [7, 11) is -2.81. The number of rotatable bonds is 4. The fraction of sp³-hybridized carbons (Fsp3) is 1.00. The van der Waals surface area contributed by atoms with Crippen LogP contribution in [0.25, 0.3) is 0 Å². The van der Waals surface area contributed by atoms with E-state index in [1.807, 2.05) is 0 Å². The molecule has 0 spiro atoms. The molecule has 0 aliphatic carbocycles. The first-order valence-electron chi connectivity index (χ1n) is 4.82. The third-order valence-electron chi connectivity index (χ3n) is 2.02. The lowest BCUT2D eigenvalue weighted by atomic mass is 9.84. The first-order valence-corrected chi connectivity index (χ1v) is 6.88. The lowest BCUT2D eigenvalue weighted by Crippen LogP contribution is -2.20. The summed E-state index contributed by atoms with van der Waals surface area (Å²) < 4.78 is 22.2. The number of sulfone groups is 1. The summed E-state index contributed by atoms with van der Waals surface area (Å²) in [5.41, 5.74) is 0.228. The monoisotopic (exact) mass is 206 g/mol. The summed E-state index contributed by atoms with van der Waals surface area (Å²) in [6, 6.07) is 0. The van der Waals surface area contributed by atoms with Crippen molar-refractivity contribution in [3.05, 3.63) is 0 Å². The largest absolute Gasteiger partial charge is 0.229 e. The van der Waals surface area contributed by atoms with E-state index in [-0.39, 0.29) is 5.41 Å². The molecule has 1 unspecified atom stereocenters. The van der Waals surface area contributed by atoms with E-state index in [0.717, 1.165) is 12.8 Å². The van der Waals surface area contributed by atoms with Gasteiger partial charge in [0.1, 0.15) is 9.84 Å². The van der Waals surface area contributed by atoms with E-state index in [2.05, 4.69) is 27.7 Å². The molecule has 0 rings (SSSR count). The molecular weight excluding hydrogens is 184 g/mol. The van der Waals surface area contributed by atoms with Gasteiger partial charge in [0.25, 0.3) is 0 Å². The predicted octanol–water partition coefficient (Wildman–Crippen LogP) is 2.49. The van der Waals surface area contributed by atoms with Gasteiger partial charge in [-0.3, -0.25) is 0 Å². The Morgan fingerprint density at radius 1 is 1.23 bits per heavy atom. The van der Waals surface area contributed by atoms with Crippen LogP contribution in [0.1, 0.15) is 40.5 Å². The zero-order valence-corrected chi connectivity index (χ0v) is 10.2. The second-order valence-electron chi connectivity index (χ2n) is 5.13. The smallest absolute Gasteiger partial charge is 0.147 e. The highest BCUT2D eigenvalue weighted by Gasteiger charge is 2.20. The molecule has 0 aromatic heterocycles. The van der Waals surface area contributed by atoms with Crippen molar-refractivity contribution in [1.29, 1.82) is 0 Å². The minimum Gasteiger partial charge on any atom is -0.229 e. The third-order valence-corrected chi connectivity index (χ3v) is 3.09. The maximum atomic E-state index is 11.1. The van der Waals surface area contributed by atoms with Crippen LogP contribution in [-0.4, -0.2) is 20.4 Å². The SMILES string of the molecule is CCC(CC(C)(C)C)CS(C)(=O)=O. The molecule has 0 N–H and O–H groups in total. The van der Waals surface area contributed by atoms with E-state index in [0.29, 0.717) is 11.7 Å². The Labute approximate surface area is 82.6 Å². The summed E-state index contributed by atoms with van der Waals surface area (Å²) in [6.45, 7) is 8.51. The van der Waals surface area contributed by atoms with E-state index in [1.165, 1.54) is 6.26 Å². The molecule has 0 radical (unpaired) electrons. The number of hydrogen-bond acceptors (Lipinski definition) is 2. The van der Waals surface area contributed by atoms with Crippen LogP contribution in [0, 0.1) is 11.3 Å². The fourth-order valence-corrected chi connectivity index (χ4v) is 2.83. The van der Waals surface area contributed by atoms with Crippen molar-refractivity contribution in [1.82, 2.24) is 0 Å². The molecule has 0 bridgehead atoms. The van der Waals surface area contributed by atoms with Gasteiger partial charge in [0.05, 0.1) is 5.75 Å². The maximum Gasteiger partial charge on any atom is 0.147 e. The minimum atomic E-state index is -2.81. The summed E-state index contributed by atoms with van der Waals surface area (Å²) in [5.74, 6) is 0.649. The average Bonchev–Trinajstić information content (AvgIpc) is 1.79. The summed E-state index contributed by atoms with van der Waals surface area (Å²) >= 11 is 0. The van der Waals surface area contributed by atoms with Gasteiger partial charge in [-0.25, -0.2) is 8.42 Å². The Bertz CT molecular complexity index is 234. The highest BCUT2D eigenvalue weighted by molar-refractivity contribution is 7.90. The van der Waals surface area contributed by atoms with E-state index < -0.39 is 9.84 Å². The van der Waals surface area contributed by atoms with Crippen molar-refractivity contribution >= 4 is 9.84 Å². The Hall–Kier alpha value is -0.0500. The van der Waals surface area contributed by atoms with Gasteiger partial charge in [0.15, 0.2) is 0 Å². The first kappa shape index (κ1) is 12.9. The zero-order valence-electron chi connectivity index (χ0n) is 9.42. The topological polar surface area (TPSA) is 34.1 Å². The zero-order chi connectivity index (χ0) is 10.7. The van der Waals surface area contributed by atoms with Crippen LogP contribution in [0.15, 0.2) is 0 Å².